The van der Waals surface area contributed by atoms with Gasteiger partial charge in [0, 0.05) is 24.6 Å². The molecule has 3 rings (SSSR count). The lowest BCUT2D eigenvalue weighted by Gasteiger charge is -2.21. The predicted octanol–water partition coefficient (Wildman–Crippen LogP) is 3.46. The van der Waals surface area contributed by atoms with Crippen molar-refractivity contribution in [3.63, 3.8) is 0 Å². The standard InChI is InChI=1S/C17H24N2O3.ClH/c1-3-11(2)15(18)16(20)19-12-6-7-13-14(10-12)22-17(21-13)8-4-5-9-17;/h6-7,10-11,15H,3-5,8-9,18H2,1-2H3,(H,19,20);1H. The van der Waals surface area contributed by atoms with Gasteiger partial charge >= 0.3 is 0 Å². The second-order valence-corrected chi connectivity index (χ2v) is 6.38. The van der Waals surface area contributed by atoms with Gasteiger partial charge in [-0.1, -0.05) is 20.3 Å². The summed E-state index contributed by atoms with van der Waals surface area (Å²) in [5.41, 5.74) is 6.65. The van der Waals surface area contributed by atoms with Gasteiger partial charge in [-0.15, -0.1) is 12.4 Å². The van der Waals surface area contributed by atoms with Crippen LogP contribution in [0.5, 0.6) is 11.5 Å². The summed E-state index contributed by atoms with van der Waals surface area (Å²) in [5.74, 6) is 0.973. The average Bonchev–Trinajstić information content (AvgIpc) is 3.11. The second-order valence-electron chi connectivity index (χ2n) is 6.38. The molecule has 2 aliphatic rings. The Labute approximate surface area is 143 Å². The molecule has 1 spiro atoms. The highest BCUT2D eigenvalue weighted by Gasteiger charge is 2.44. The third-order valence-electron chi connectivity index (χ3n) is 4.73. The van der Waals surface area contributed by atoms with Crippen molar-refractivity contribution < 1.29 is 14.3 Å². The number of fused-ring (bicyclic) bond motifs is 1. The van der Waals surface area contributed by atoms with E-state index in [1.54, 1.807) is 0 Å². The fourth-order valence-corrected chi connectivity index (χ4v) is 3.03. The van der Waals surface area contributed by atoms with Crippen LogP contribution >= 0.6 is 12.4 Å². The van der Waals surface area contributed by atoms with Crippen molar-refractivity contribution in [1.82, 2.24) is 0 Å². The first-order valence-electron chi connectivity index (χ1n) is 8.11. The van der Waals surface area contributed by atoms with Crippen LogP contribution in [0.3, 0.4) is 0 Å². The molecular formula is C17H25ClN2O3. The van der Waals surface area contributed by atoms with E-state index in [-0.39, 0.29) is 24.2 Å². The largest absolute Gasteiger partial charge is 0.448 e. The summed E-state index contributed by atoms with van der Waals surface area (Å²) in [6, 6.07) is 5.00. The number of nitrogens with one attached hydrogen (secondary N) is 1. The number of anilines is 1. The summed E-state index contributed by atoms with van der Waals surface area (Å²) < 4.78 is 12.0. The van der Waals surface area contributed by atoms with Crippen LogP contribution in [0.1, 0.15) is 46.0 Å². The quantitative estimate of drug-likeness (QED) is 0.880. The number of carbonyl (C=O) groups is 1. The van der Waals surface area contributed by atoms with Crippen LogP contribution in [-0.2, 0) is 4.79 Å². The Balaban J connectivity index is 0.00000192. The van der Waals surface area contributed by atoms with Crippen LogP contribution in [0, 0.1) is 5.92 Å². The van der Waals surface area contributed by atoms with Crippen molar-refractivity contribution in [3.05, 3.63) is 18.2 Å². The Morgan fingerprint density at radius 3 is 2.61 bits per heavy atom. The Morgan fingerprint density at radius 1 is 1.30 bits per heavy atom. The molecule has 6 heteroatoms. The van der Waals surface area contributed by atoms with E-state index >= 15 is 0 Å². The Bertz CT molecular complexity index is 573. The van der Waals surface area contributed by atoms with Gasteiger partial charge in [0.25, 0.3) is 5.79 Å². The molecule has 1 aromatic rings. The van der Waals surface area contributed by atoms with Crippen LogP contribution in [0.15, 0.2) is 18.2 Å². The fraction of sp³-hybridized carbons (Fsp3) is 0.588. The molecule has 0 aromatic heterocycles. The molecule has 1 saturated carbocycles. The van der Waals surface area contributed by atoms with Crippen molar-refractivity contribution in [2.24, 2.45) is 11.7 Å². The summed E-state index contributed by atoms with van der Waals surface area (Å²) in [7, 11) is 0. The second kappa shape index (κ2) is 6.97. The number of carbonyl (C=O) groups excluding carboxylic acids is 1. The zero-order chi connectivity index (χ0) is 15.7. The molecule has 1 fully saturated rings. The monoisotopic (exact) mass is 340 g/mol. The molecule has 0 bridgehead atoms. The van der Waals surface area contributed by atoms with Gasteiger partial charge in [-0.3, -0.25) is 4.79 Å². The Kier molecular flexibility index (Phi) is 5.42. The number of amides is 1. The number of ether oxygens (including phenoxy) is 2. The first kappa shape index (κ1) is 17.9. The molecule has 0 radical (unpaired) electrons. The molecule has 3 N–H and O–H groups in total. The molecule has 0 saturated heterocycles. The van der Waals surface area contributed by atoms with Crippen LogP contribution in [-0.4, -0.2) is 17.7 Å². The van der Waals surface area contributed by atoms with Gasteiger partial charge in [0.1, 0.15) is 0 Å². The maximum absolute atomic E-state index is 12.2. The van der Waals surface area contributed by atoms with E-state index in [0.717, 1.165) is 37.9 Å². The summed E-state index contributed by atoms with van der Waals surface area (Å²) in [6.45, 7) is 4.01. The first-order valence-corrected chi connectivity index (χ1v) is 8.11. The zero-order valence-electron chi connectivity index (χ0n) is 13.6. The third kappa shape index (κ3) is 3.56. The van der Waals surface area contributed by atoms with Crippen molar-refractivity contribution in [2.75, 3.05) is 5.32 Å². The number of hydrogen-bond donors (Lipinski definition) is 2. The summed E-state index contributed by atoms with van der Waals surface area (Å²) >= 11 is 0. The molecule has 1 aromatic carbocycles. The third-order valence-corrected chi connectivity index (χ3v) is 4.73. The van der Waals surface area contributed by atoms with Crippen molar-refractivity contribution in [2.45, 2.75) is 57.8 Å². The maximum Gasteiger partial charge on any atom is 0.251 e. The molecule has 5 nitrogen and oxygen atoms in total. The van der Waals surface area contributed by atoms with Crippen molar-refractivity contribution >= 4 is 24.0 Å². The Morgan fingerprint density at radius 2 is 1.96 bits per heavy atom. The number of halogens is 1. The van der Waals surface area contributed by atoms with E-state index in [1.165, 1.54) is 0 Å². The van der Waals surface area contributed by atoms with E-state index in [1.807, 2.05) is 32.0 Å². The summed E-state index contributed by atoms with van der Waals surface area (Å²) in [6.07, 6.45) is 4.96. The smallest absolute Gasteiger partial charge is 0.251 e. The van der Waals surface area contributed by atoms with E-state index in [4.69, 9.17) is 15.2 Å². The van der Waals surface area contributed by atoms with E-state index in [9.17, 15) is 4.79 Å². The minimum Gasteiger partial charge on any atom is -0.448 e. The van der Waals surface area contributed by atoms with E-state index < -0.39 is 11.8 Å². The van der Waals surface area contributed by atoms with Crippen molar-refractivity contribution in [1.29, 1.82) is 0 Å². The van der Waals surface area contributed by atoms with Crippen molar-refractivity contribution in [3.8, 4) is 11.5 Å². The molecule has 2 atom stereocenters. The van der Waals surface area contributed by atoms with Crippen LogP contribution in [0.25, 0.3) is 0 Å². The summed E-state index contributed by atoms with van der Waals surface area (Å²) in [4.78, 5) is 12.2. The molecule has 128 valence electrons. The first-order chi connectivity index (χ1) is 10.5. The predicted molar refractivity (Wildman–Crippen MR) is 92.2 cm³/mol. The lowest BCUT2D eigenvalue weighted by molar-refractivity contribution is -0.118. The average molecular weight is 341 g/mol. The highest BCUT2D eigenvalue weighted by Crippen LogP contribution is 2.47. The molecule has 1 aliphatic heterocycles. The number of hydrogen-bond acceptors (Lipinski definition) is 4. The lowest BCUT2D eigenvalue weighted by Crippen LogP contribution is -2.40. The van der Waals surface area contributed by atoms with Gasteiger partial charge in [0.2, 0.25) is 5.91 Å². The number of rotatable bonds is 4. The molecule has 23 heavy (non-hydrogen) atoms. The normalized spacial score (nSPS) is 20.0. The fourth-order valence-electron chi connectivity index (χ4n) is 3.03. The van der Waals surface area contributed by atoms with Gasteiger partial charge in [-0.05, 0) is 30.9 Å². The van der Waals surface area contributed by atoms with Crippen LogP contribution in [0.4, 0.5) is 5.69 Å². The van der Waals surface area contributed by atoms with Gasteiger partial charge in [0.15, 0.2) is 11.5 Å². The van der Waals surface area contributed by atoms with Gasteiger partial charge in [-0.2, -0.15) is 0 Å². The maximum atomic E-state index is 12.2. The van der Waals surface area contributed by atoms with Gasteiger partial charge in [0.05, 0.1) is 6.04 Å². The molecule has 1 heterocycles. The van der Waals surface area contributed by atoms with Crippen LogP contribution in [0.2, 0.25) is 0 Å². The van der Waals surface area contributed by atoms with E-state index in [2.05, 4.69) is 5.32 Å². The minimum absolute atomic E-state index is 0. The SMILES string of the molecule is CCC(C)C(N)C(=O)Nc1ccc2c(c1)OC1(CCCC1)O2.Cl. The van der Waals surface area contributed by atoms with Gasteiger partial charge < -0.3 is 20.5 Å². The molecule has 1 aliphatic carbocycles. The van der Waals surface area contributed by atoms with Crippen LogP contribution < -0.4 is 20.5 Å². The Hall–Kier alpha value is -1.46. The minimum atomic E-state index is -0.503. The number of nitrogens with two attached hydrogens (primary N) is 1. The molecule has 1 amide bonds. The highest BCUT2D eigenvalue weighted by atomic mass is 35.5. The number of benzene rings is 1. The lowest BCUT2D eigenvalue weighted by atomic mass is 9.99. The highest BCUT2D eigenvalue weighted by molar-refractivity contribution is 5.95. The summed E-state index contributed by atoms with van der Waals surface area (Å²) in [5, 5.41) is 2.87. The topological polar surface area (TPSA) is 73.6 Å². The molecular weight excluding hydrogens is 316 g/mol. The zero-order valence-corrected chi connectivity index (χ0v) is 14.4. The van der Waals surface area contributed by atoms with Gasteiger partial charge in [-0.25, -0.2) is 0 Å². The van der Waals surface area contributed by atoms with E-state index in [0.29, 0.717) is 11.4 Å². The molecule has 2 unspecified atom stereocenters.